The van der Waals surface area contributed by atoms with E-state index in [1.165, 1.54) is 11.7 Å². The van der Waals surface area contributed by atoms with Crippen LogP contribution in [0, 0.1) is 18.3 Å². The van der Waals surface area contributed by atoms with E-state index >= 15 is 0 Å². The minimum Gasteiger partial charge on any atom is -0.333 e. The Morgan fingerprint density at radius 1 is 1.19 bits per heavy atom. The molecule has 0 fully saturated rings. The molecule has 142 valence electrons. The van der Waals surface area contributed by atoms with Gasteiger partial charge in [-0.2, -0.15) is 5.26 Å². The van der Waals surface area contributed by atoms with Crippen LogP contribution in [0.15, 0.2) is 52.3 Å². The molecule has 0 saturated heterocycles. The molecule has 0 unspecified atom stereocenters. The van der Waals surface area contributed by atoms with Crippen LogP contribution in [-0.2, 0) is 0 Å². The van der Waals surface area contributed by atoms with Crippen molar-refractivity contribution in [3.8, 4) is 23.0 Å². The van der Waals surface area contributed by atoms with Crippen molar-refractivity contribution >= 4 is 12.6 Å². The number of benzene rings is 1. The molecule has 3 aromatic rings. The SMILES string of the molecule is CN.CNC.Cc1[nH]n(-c2ccc(S)cn2)c(=O)c1-c1ccc(C#N)cc1. The lowest BCUT2D eigenvalue weighted by Crippen LogP contribution is -2.16. The number of rotatable bonds is 2. The third kappa shape index (κ3) is 5.56. The van der Waals surface area contributed by atoms with E-state index in [-0.39, 0.29) is 5.56 Å². The third-order valence-electron chi connectivity index (χ3n) is 3.34. The summed E-state index contributed by atoms with van der Waals surface area (Å²) in [7, 11) is 5.25. The maximum absolute atomic E-state index is 12.6. The molecule has 0 aliphatic carbocycles. The molecule has 0 aliphatic heterocycles. The van der Waals surface area contributed by atoms with Crippen LogP contribution in [0.25, 0.3) is 16.9 Å². The quantitative estimate of drug-likeness (QED) is 0.506. The molecule has 0 radical (unpaired) electrons. The number of aryl methyl sites for hydroxylation is 1. The maximum atomic E-state index is 12.6. The topological polar surface area (TPSA) is 113 Å². The van der Waals surface area contributed by atoms with Gasteiger partial charge in [0.15, 0.2) is 5.82 Å². The van der Waals surface area contributed by atoms with Crippen molar-refractivity contribution in [2.24, 2.45) is 5.73 Å². The lowest BCUT2D eigenvalue weighted by Gasteiger charge is -2.00. The van der Waals surface area contributed by atoms with Crippen molar-refractivity contribution < 1.29 is 0 Å². The fourth-order valence-electron chi connectivity index (χ4n) is 2.27. The fraction of sp³-hybridized carbons (Fsp3) is 0.211. The first-order valence-corrected chi connectivity index (χ1v) is 8.60. The third-order valence-corrected chi connectivity index (χ3v) is 3.60. The van der Waals surface area contributed by atoms with E-state index in [1.807, 2.05) is 21.0 Å². The van der Waals surface area contributed by atoms with Gasteiger partial charge in [-0.1, -0.05) is 12.1 Å². The van der Waals surface area contributed by atoms with Gasteiger partial charge in [-0.25, -0.2) is 9.67 Å². The average molecular weight is 385 g/mol. The molecule has 0 saturated carbocycles. The van der Waals surface area contributed by atoms with E-state index < -0.39 is 0 Å². The first kappa shape index (κ1) is 22.2. The van der Waals surface area contributed by atoms with Crippen LogP contribution in [0.3, 0.4) is 0 Å². The summed E-state index contributed by atoms with van der Waals surface area (Å²) >= 11 is 4.19. The lowest BCUT2D eigenvalue weighted by molar-refractivity contribution is 0.804. The summed E-state index contributed by atoms with van der Waals surface area (Å²) in [5.74, 6) is 0.505. The van der Waals surface area contributed by atoms with Crippen molar-refractivity contribution in [3.63, 3.8) is 0 Å². The van der Waals surface area contributed by atoms with E-state index in [4.69, 9.17) is 5.26 Å². The number of pyridine rings is 1. The molecule has 2 aromatic heterocycles. The van der Waals surface area contributed by atoms with Gasteiger partial charge in [-0.05, 0) is 57.9 Å². The van der Waals surface area contributed by atoms with Gasteiger partial charge in [0.2, 0.25) is 0 Å². The molecule has 4 N–H and O–H groups in total. The van der Waals surface area contributed by atoms with Crippen LogP contribution in [-0.4, -0.2) is 35.9 Å². The number of aromatic nitrogens is 3. The molecule has 3 rings (SSSR count). The highest BCUT2D eigenvalue weighted by Gasteiger charge is 2.14. The van der Waals surface area contributed by atoms with E-state index in [0.29, 0.717) is 16.9 Å². The predicted octanol–water partition coefficient (Wildman–Crippen LogP) is 2.11. The largest absolute Gasteiger partial charge is 0.333 e. The van der Waals surface area contributed by atoms with Crippen LogP contribution < -0.4 is 16.6 Å². The van der Waals surface area contributed by atoms with Crippen molar-refractivity contribution in [1.29, 1.82) is 5.26 Å². The second-order valence-corrected chi connectivity index (χ2v) is 5.83. The smallest absolute Gasteiger partial charge is 0.280 e. The number of aromatic amines is 1. The highest BCUT2D eigenvalue weighted by molar-refractivity contribution is 7.80. The van der Waals surface area contributed by atoms with Crippen molar-refractivity contribution in [3.05, 3.63) is 64.2 Å². The number of H-pyrrole nitrogens is 1. The van der Waals surface area contributed by atoms with E-state index in [0.717, 1.165) is 16.2 Å². The van der Waals surface area contributed by atoms with Gasteiger partial charge in [0.25, 0.3) is 5.56 Å². The molecule has 7 nitrogen and oxygen atoms in total. The number of nitrogens with two attached hydrogens (primary N) is 1. The number of hydrogen-bond donors (Lipinski definition) is 4. The highest BCUT2D eigenvalue weighted by atomic mass is 32.1. The maximum Gasteiger partial charge on any atom is 0.280 e. The standard InChI is InChI=1S/C16H12N4OS.C2H7N.CH5N/c1-10-15(12-4-2-11(8-17)3-5-12)16(21)20(19-10)14-7-6-13(22)9-18-14;1-3-2;1-2/h2-7,9,19,22H,1H3;3H,1-2H3;2H2,1H3. The zero-order valence-corrected chi connectivity index (χ0v) is 16.7. The summed E-state index contributed by atoms with van der Waals surface area (Å²) in [6.45, 7) is 1.83. The van der Waals surface area contributed by atoms with Crippen LogP contribution in [0.2, 0.25) is 0 Å². The summed E-state index contributed by atoms with van der Waals surface area (Å²) < 4.78 is 1.40. The van der Waals surface area contributed by atoms with Crippen LogP contribution in [0.1, 0.15) is 11.3 Å². The first-order valence-electron chi connectivity index (χ1n) is 8.15. The summed E-state index contributed by atoms with van der Waals surface area (Å²) in [5, 5.41) is 14.6. The number of thiol groups is 1. The normalized spacial score (nSPS) is 9.37. The van der Waals surface area contributed by atoms with E-state index in [2.05, 4.69) is 39.8 Å². The minimum atomic E-state index is -0.179. The second kappa shape index (κ2) is 11.0. The Morgan fingerprint density at radius 3 is 2.26 bits per heavy atom. The summed E-state index contributed by atoms with van der Waals surface area (Å²) in [6.07, 6.45) is 1.59. The van der Waals surface area contributed by atoms with Gasteiger partial charge in [0, 0.05) is 16.8 Å². The van der Waals surface area contributed by atoms with E-state index in [9.17, 15) is 4.79 Å². The Balaban J connectivity index is 0.000000665. The molecular weight excluding hydrogens is 360 g/mol. The lowest BCUT2D eigenvalue weighted by atomic mass is 10.1. The molecule has 1 aromatic carbocycles. The molecule has 0 atom stereocenters. The highest BCUT2D eigenvalue weighted by Crippen LogP contribution is 2.20. The molecular formula is C19H24N6OS. The summed E-state index contributed by atoms with van der Waals surface area (Å²) in [5.41, 5.74) is 6.96. The number of nitrogens with zero attached hydrogens (tertiary/aromatic N) is 3. The van der Waals surface area contributed by atoms with Gasteiger partial charge in [-0.15, -0.1) is 12.6 Å². The molecule has 0 amide bonds. The first-order chi connectivity index (χ1) is 13.0. The Kier molecular flexibility index (Phi) is 9.02. The zero-order valence-electron chi connectivity index (χ0n) is 15.8. The molecule has 0 bridgehead atoms. The number of hydrogen-bond acceptors (Lipinski definition) is 6. The second-order valence-electron chi connectivity index (χ2n) is 5.32. The monoisotopic (exact) mass is 384 g/mol. The Morgan fingerprint density at radius 2 is 1.78 bits per heavy atom. The average Bonchev–Trinajstić information content (AvgIpc) is 2.99. The molecule has 8 heteroatoms. The van der Waals surface area contributed by atoms with Crippen LogP contribution >= 0.6 is 12.6 Å². The predicted molar refractivity (Wildman–Crippen MR) is 111 cm³/mol. The zero-order chi connectivity index (χ0) is 20.4. The number of nitriles is 1. The Hall–Kier alpha value is -2.86. The Labute approximate surface area is 164 Å². The van der Waals surface area contributed by atoms with Gasteiger partial charge >= 0.3 is 0 Å². The van der Waals surface area contributed by atoms with Gasteiger partial charge in [0.05, 0.1) is 17.2 Å². The number of nitrogens with one attached hydrogen (secondary N) is 2. The van der Waals surface area contributed by atoms with Crippen LogP contribution in [0.4, 0.5) is 0 Å². The van der Waals surface area contributed by atoms with E-state index in [1.54, 1.807) is 42.6 Å². The summed E-state index contributed by atoms with van der Waals surface area (Å²) in [4.78, 5) is 17.6. The van der Waals surface area contributed by atoms with Crippen molar-refractivity contribution in [1.82, 2.24) is 20.1 Å². The molecule has 2 heterocycles. The van der Waals surface area contributed by atoms with Gasteiger partial charge in [-0.3, -0.25) is 9.89 Å². The molecule has 0 aliphatic rings. The Bertz CT molecular complexity index is 936. The minimum absolute atomic E-state index is 0.179. The van der Waals surface area contributed by atoms with Crippen molar-refractivity contribution in [2.45, 2.75) is 11.8 Å². The van der Waals surface area contributed by atoms with Crippen LogP contribution in [0.5, 0.6) is 0 Å². The molecule has 27 heavy (non-hydrogen) atoms. The van der Waals surface area contributed by atoms with Gasteiger partial charge in [0.1, 0.15) is 0 Å². The van der Waals surface area contributed by atoms with Crippen molar-refractivity contribution in [2.75, 3.05) is 21.1 Å². The fourth-order valence-corrected chi connectivity index (χ4v) is 2.40. The molecule has 0 spiro atoms. The van der Waals surface area contributed by atoms with Gasteiger partial charge < -0.3 is 11.1 Å². The summed E-state index contributed by atoms with van der Waals surface area (Å²) in [6, 6.07) is 12.5.